The molecule has 1 heterocycles. The van der Waals surface area contributed by atoms with Gasteiger partial charge in [0.2, 0.25) is 0 Å². The molecule has 4 nitrogen and oxygen atoms in total. The van der Waals surface area contributed by atoms with Crippen LogP contribution in [0.3, 0.4) is 0 Å². The van der Waals surface area contributed by atoms with Gasteiger partial charge in [0.05, 0.1) is 6.21 Å². The summed E-state index contributed by atoms with van der Waals surface area (Å²) in [4.78, 5) is 0. The fourth-order valence-corrected chi connectivity index (χ4v) is 0.232. The van der Waals surface area contributed by atoms with E-state index in [1.807, 2.05) is 0 Å². The molecule has 7 heavy (non-hydrogen) atoms. The van der Waals surface area contributed by atoms with Crippen LogP contribution in [0, 0.1) is 11.3 Å². The highest BCUT2D eigenvalue weighted by molar-refractivity contribution is 6.38. The third-order valence-electron chi connectivity index (χ3n) is 0.499. The average Bonchev–Trinajstić information content (AvgIpc) is 2.14. The molecular weight excluding hydrogens is 92.1 g/mol. The molecule has 1 aliphatic rings. The Morgan fingerprint density at radius 1 is 1.71 bits per heavy atom. The van der Waals surface area contributed by atoms with Crippen molar-refractivity contribution in [3.63, 3.8) is 0 Å². The predicted octanol–water partition coefficient (Wildman–Crippen LogP) is -0.530. The summed E-state index contributed by atoms with van der Waals surface area (Å²) >= 11 is 0. The van der Waals surface area contributed by atoms with Crippen molar-refractivity contribution >= 4 is 11.9 Å². The summed E-state index contributed by atoms with van der Waals surface area (Å²) in [6.45, 7) is 0. The Morgan fingerprint density at radius 3 is 2.86 bits per heavy atom. The minimum Gasteiger partial charge on any atom is -0.191 e. The number of nitrogens with zero attached hydrogens (tertiary/aromatic N) is 4. The molecule has 0 aromatic rings. The highest BCUT2D eigenvalue weighted by atomic mass is 15.5. The second-order valence-corrected chi connectivity index (χ2v) is 0.931. The van der Waals surface area contributed by atoms with Crippen LogP contribution in [-0.4, -0.2) is 11.9 Å². The van der Waals surface area contributed by atoms with Crippen LogP contribution < -0.4 is 5.53 Å². The molecule has 0 bridgehead atoms. The van der Waals surface area contributed by atoms with Crippen LogP contribution in [0.4, 0.5) is 0 Å². The second-order valence-electron chi connectivity index (χ2n) is 0.931. The Bertz CT molecular complexity index is 160. The molecule has 0 aliphatic carbocycles. The van der Waals surface area contributed by atoms with E-state index >= 15 is 0 Å². The largest absolute Gasteiger partial charge is 0.191 e. The molecule has 4 heteroatoms. The van der Waals surface area contributed by atoms with E-state index < -0.39 is 0 Å². The number of hydrogen-bond acceptors (Lipinski definition) is 3. The second kappa shape index (κ2) is 1.39. The number of hydrogen-bond donors (Lipinski definition) is 0. The van der Waals surface area contributed by atoms with Crippen molar-refractivity contribution in [2.45, 2.75) is 0 Å². The summed E-state index contributed by atoms with van der Waals surface area (Å²) in [5.74, 6) is 0. The van der Waals surface area contributed by atoms with Gasteiger partial charge in [-0.05, 0) is 5.53 Å². The fraction of sp³-hybridized carbons (Fsp3) is 0. The van der Waals surface area contributed by atoms with E-state index in [9.17, 15) is 0 Å². The van der Waals surface area contributed by atoms with E-state index in [0.717, 1.165) is 0 Å². The Hall–Kier alpha value is -1.37. The Kier molecular flexibility index (Phi) is 0.755. The van der Waals surface area contributed by atoms with E-state index in [2.05, 4.69) is 15.7 Å². The van der Waals surface area contributed by atoms with Crippen LogP contribution in [0.25, 0.3) is 0 Å². The average molecular weight is 93.1 g/mol. The zero-order valence-electron chi connectivity index (χ0n) is 3.37. The van der Waals surface area contributed by atoms with Gasteiger partial charge in [-0.25, -0.2) is 0 Å². The molecule has 0 aromatic carbocycles. The van der Waals surface area contributed by atoms with Gasteiger partial charge in [-0.15, -0.1) is 10.2 Å². The standard InChI is InChI=1S/C3HN4/c4-1-3-2-5-7-6-3/h2H. The molecule has 0 unspecified atom stereocenters. The first-order chi connectivity index (χ1) is 3.43. The topological polar surface area (TPSA) is 62.6 Å². The molecule has 0 saturated carbocycles. The van der Waals surface area contributed by atoms with E-state index in [0.29, 0.717) is 0 Å². The summed E-state index contributed by atoms with van der Waals surface area (Å²) in [5.41, 5.74) is 3.43. The first-order valence-electron chi connectivity index (χ1n) is 1.64. The van der Waals surface area contributed by atoms with Crippen LogP contribution in [0.1, 0.15) is 0 Å². The Labute approximate surface area is 40.1 Å². The van der Waals surface area contributed by atoms with Crippen LogP contribution >= 0.6 is 0 Å². The maximum absolute atomic E-state index is 8.03. The van der Waals surface area contributed by atoms with Crippen molar-refractivity contribution < 1.29 is 0 Å². The van der Waals surface area contributed by atoms with Gasteiger partial charge in [-0.3, -0.25) is 0 Å². The van der Waals surface area contributed by atoms with Gasteiger partial charge in [-0.1, -0.05) is 0 Å². The normalized spacial score (nSPS) is 15.0. The smallest absolute Gasteiger partial charge is 0.184 e. The van der Waals surface area contributed by atoms with Gasteiger partial charge in [0, 0.05) is 0 Å². The molecule has 0 amide bonds. The lowest BCUT2D eigenvalue weighted by atomic mass is 10.5. The van der Waals surface area contributed by atoms with Crippen molar-refractivity contribution in [1.29, 1.82) is 5.26 Å². The Morgan fingerprint density at radius 2 is 2.57 bits per heavy atom. The van der Waals surface area contributed by atoms with E-state index in [1.165, 1.54) is 6.21 Å². The van der Waals surface area contributed by atoms with E-state index in [1.54, 1.807) is 6.07 Å². The number of rotatable bonds is 0. The molecule has 33 valence electrons. The molecule has 0 aromatic heterocycles. The van der Waals surface area contributed by atoms with Crippen LogP contribution in [-0.2, 0) is 0 Å². The summed E-state index contributed by atoms with van der Waals surface area (Å²) in [6, 6.07) is 1.77. The molecule has 1 radical (unpaired) electrons. The predicted molar refractivity (Wildman–Crippen MR) is 23.7 cm³/mol. The van der Waals surface area contributed by atoms with Crippen LogP contribution in [0.5, 0.6) is 0 Å². The van der Waals surface area contributed by atoms with Gasteiger partial charge in [-0.2, -0.15) is 5.26 Å². The monoisotopic (exact) mass is 93.0 g/mol. The molecule has 0 fully saturated rings. The fourth-order valence-electron chi connectivity index (χ4n) is 0.232. The zero-order chi connectivity index (χ0) is 5.11. The lowest BCUT2D eigenvalue weighted by Gasteiger charge is -1.64. The maximum Gasteiger partial charge on any atom is 0.184 e. The lowest BCUT2D eigenvalue weighted by Crippen LogP contribution is -1.87. The molecule has 0 atom stereocenters. The minimum absolute atomic E-state index is 0.264. The van der Waals surface area contributed by atoms with E-state index in [-0.39, 0.29) is 5.71 Å². The van der Waals surface area contributed by atoms with Crippen molar-refractivity contribution in [2.24, 2.45) is 10.2 Å². The quantitative estimate of drug-likeness (QED) is 0.397. The van der Waals surface area contributed by atoms with Gasteiger partial charge < -0.3 is 0 Å². The maximum atomic E-state index is 8.03. The summed E-state index contributed by atoms with van der Waals surface area (Å²) < 4.78 is 0. The molecule has 1 rings (SSSR count). The van der Waals surface area contributed by atoms with Gasteiger partial charge in [0.25, 0.3) is 0 Å². The minimum atomic E-state index is 0.264. The first-order valence-corrected chi connectivity index (χ1v) is 1.64. The zero-order valence-corrected chi connectivity index (χ0v) is 3.37. The van der Waals surface area contributed by atoms with Gasteiger partial charge in [0.15, 0.2) is 5.71 Å². The SMILES string of the molecule is N#CC1=N[N]N=C1. The molecule has 0 N–H and O–H groups in total. The summed E-state index contributed by atoms with van der Waals surface area (Å²) in [5, 5.41) is 14.7. The first kappa shape index (κ1) is 3.81. The summed E-state index contributed by atoms with van der Waals surface area (Å²) in [6.07, 6.45) is 1.31. The van der Waals surface area contributed by atoms with Crippen molar-refractivity contribution in [3.05, 3.63) is 0 Å². The summed E-state index contributed by atoms with van der Waals surface area (Å²) in [7, 11) is 0. The van der Waals surface area contributed by atoms with Crippen LogP contribution in [0.15, 0.2) is 10.2 Å². The molecule has 0 saturated heterocycles. The highest BCUT2D eigenvalue weighted by Crippen LogP contribution is 1.78. The Balaban J connectivity index is 2.75. The van der Waals surface area contributed by atoms with Gasteiger partial charge in [0.1, 0.15) is 6.07 Å². The molecule has 1 aliphatic heterocycles. The van der Waals surface area contributed by atoms with Gasteiger partial charge >= 0.3 is 0 Å². The van der Waals surface area contributed by atoms with Crippen molar-refractivity contribution in [1.82, 2.24) is 5.53 Å². The third kappa shape index (κ3) is 0.550. The molecular formula is C3HN4. The lowest BCUT2D eigenvalue weighted by molar-refractivity contribution is 0.814. The highest BCUT2D eigenvalue weighted by Gasteiger charge is 1.96. The third-order valence-corrected chi connectivity index (χ3v) is 0.499. The van der Waals surface area contributed by atoms with Crippen molar-refractivity contribution in [3.8, 4) is 6.07 Å². The number of nitriles is 1. The van der Waals surface area contributed by atoms with Crippen LogP contribution in [0.2, 0.25) is 0 Å². The van der Waals surface area contributed by atoms with E-state index in [4.69, 9.17) is 5.26 Å². The molecule has 0 spiro atoms. The van der Waals surface area contributed by atoms with Crippen molar-refractivity contribution in [2.75, 3.05) is 0 Å².